The lowest BCUT2D eigenvalue weighted by Crippen LogP contribution is -2.45. The Morgan fingerprint density at radius 2 is 1.89 bits per heavy atom. The molecule has 3 heterocycles. The number of fused-ring (bicyclic) bond motifs is 1. The largest absolute Gasteiger partial charge is 0.492 e. The molecule has 1 aliphatic heterocycles. The molecule has 1 aromatic carbocycles. The molecular weight excluding hydrogens is 602 g/mol. The molecule has 9 nitrogen and oxygen atoms in total. The molecule has 0 spiro atoms. The molecule has 0 unspecified atom stereocenters. The zero-order valence-corrected chi connectivity index (χ0v) is 27.5. The Hall–Kier alpha value is -3.66. The van der Waals surface area contributed by atoms with Crippen molar-refractivity contribution in [3.05, 3.63) is 93.4 Å². The molecule has 1 N–H and O–H groups in total. The molecule has 6 rings (SSSR count). The van der Waals surface area contributed by atoms with Crippen LogP contribution >= 0.6 is 11.6 Å². The van der Waals surface area contributed by atoms with Crippen LogP contribution in [-0.2, 0) is 16.0 Å². The van der Waals surface area contributed by atoms with Gasteiger partial charge in [0.2, 0.25) is 0 Å². The number of allylic oxidation sites excluding steroid dienone is 5. The van der Waals surface area contributed by atoms with E-state index in [0.29, 0.717) is 42.0 Å². The van der Waals surface area contributed by atoms with Crippen molar-refractivity contribution >= 4 is 34.2 Å². The number of nitrogens with zero attached hydrogens (tertiary/aromatic N) is 4. The van der Waals surface area contributed by atoms with Crippen molar-refractivity contribution in [2.24, 2.45) is 5.92 Å². The molecular formula is C36H44ClN5O4. The van der Waals surface area contributed by atoms with Crippen LogP contribution in [0.1, 0.15) is 61.0 Å². The summed E-state index contributed by atoms with van der Waals surface area (Å²) in [5.74, 6) is 1.04. The van der Waals surface area contributed by atoms with Crippen LogP contribution in [0.3, 0.4) is 0 Å². The summed E-state index contributed by atoms with van der Waals surface area (Å²) in [6.07, 6.45) is 16.2. The standard InChI is InChI=1S/C36H44ClN5O4/c1-25-32(20-27(37)21-38-25)35(43)39-28-14-12-26(13-15-28)22-41-33-10-6-7-11-34(33)42(36(41)44)29-8-4-3-5-9-31(17-16-29)46-24-30-23-45-19-18-40(30)2/h6-11,16-17,20-21,26,28,30H,3-5,12-15,18-19,22-24H2,1-2H3,(H,39,43)/b17-16-,29-8+,31-9-/t26-,28-,30-/m1/s1. The molecule has 2 aromatic heterocycles. The Labute approximate surface area is 275 Å². The van der Waals surface area contributed by atoms with Gasteiger partial charge < -0.3 is 14.8 Å². The van der Waals surface area contributed by atoms with Gasteiger partial charge in [0, 0.05) is 31.0 Å². The first-order valence-corrected chi connectivity index (χ1v) is 16.9. The summed E-state index contributed by atoms with van der Waals surface area (Å²) in [5, 5.41) is 3.63. The average Bonchev–Trinajstić information content (AvgIpc) is 3.39. The highest BCUT2D eigenvalue weighted by Crippen LogP contribution is 2.28. The van der Waals surface area contributed by atoms with Gasteiger partial charge in [-0.05, 0) is 101 Å². The van der Waals surface area contributed by atoms with Crippen LogP contribution in [0.5, 0.6) is 0 Å². The number of carbonyl (C=O) groups is 1. The Morgan fingerprint density at radius 3 is 2.70 bits per heavy atom. The normalized spacial score (nSPS) is 25.8. The van der Waals surface area contributed by atoms with E-state index in [-0.39, 0.29) is 23.7 Å². The SMILES string of the molecule is Cc1ncc(Cl)cc1C(=O)N[C@H]1CC[C@H](Cn2c(=O)n(C3=C/CCC/C=C(OC[C@H]4COCCN4C)/C=C\3)c3ccccc32)CC1. The predicted molar refractivity (Wildman–Crippen MR) is 182 cm³/mol. The second-order valence-corrected chi connectivity index (χ2v) is 13.2. The average molecular weight is 646 g/mol. The summed E-state index contributed by atoms with van der Waals surface area (Å²) < 4.78 is 15.7. The van der Waals surface area contributed by atoms with Gasteiger partial charge in [-0.2, -0.15) is 0 Å². The highest BCUT2D eigenvalue weighted by molar-refractivity contribution is 6.30. The number of halogens is 1. The Bertz CT molecular complexity index is 1700. The topological polar surface area (TPSA) is 90.6 Å². The Kier molecular flexibility index (Phi) is 10.4. The van der Waals surface area contributed by atoms with E-state index in [1.165, 1.54) is 0 Å². The molecule has 1 atom stereocenters. The van der Waals surface area contributed by atoms with E-state index in [4.69, 9.17) is 21.1 Å². The zero-order valence-electron chi connectivity index (χ0n) is 26.8. The van der Waals surface area contributed by atoms with E-state index in [0.717, 1.165) is 80.6 Å². The third-order valence-electron chi connectivity index (χ3n) is 9.50. The smallest absolute Gasteiger partial charge is 0.333 e. The number of carbonyl (C=O) groups excluding carboxylic acids is 1. The van der Waals surface area contributed by atoms with Crippen molar-refractivity contribution in [2.75, 3.05) is 33.4 Å². The number of pyridine rings is 1. The van der Waals surface area contributed by atoms with Gasteiger partial charge in [-0.25, -0.2) is 4.79 Å². The maximum absolute atomic E-state index is 14.1. The number of ether oxygens (including phenoxy) is 2. The summed E-state index contributed by atoms with van der Waals surface area (Å²) in [6.45, 7) is 5.36. The molecule has 10 heteroatoms. The molecule has 0 bridgehead atoms. The fourth-order valence-electron chi connectivity index (χ4n) is 6.68. The van der Waals surface area contributed by atoms with Gasteiger partial charge in [0.15, 0.2) is 0 Å². The molecule has 1 saturated heterocycles. The predicted octanol–water partition coefficient (Wildman–Crippen LogP) is 5.96. The minimum absolute atomic E-state index is 0.0249. The molecule has 1 amide bonds. The van der Waals surface area contributed by atoms with E-state index >= 15 is 0 Å². The van der Waals surface area contributed by atoms with Gasteiger partial charge in [-0.15, -0.1) is 0 Å². The van der Waals surface area contributed by atoms with Crippen LogP contribution in [0.4, 0.5) is 0 Å². The first-order valence-electron chi connectivity index (χ1n) is 16.5. The van der Waals surface area contributed by atoms with Crippen molar-refractivity contribution in [3.8, 4) is 0 Å². The molecule has 0 radical (unpaired) electrons. The molecule has 1 saturated carbocycles. The summed E-state index contributed by atoms with van der Waals surface area (Å²) in [4.78, 5) is 33.6. The van der Waals surface area contributed by atoms with Crippen molar-refractivity contribution in [2.45, 2.75) is 70.5 Å². The second-order valence-electron chi connectivity index (χ2n) is 12.7. The maximum Gasteiger partial charge on any atom is 0.333 e. The van der Waals surface area contributed by atoms with Crippen molar-refractivity contribution < 1.29 is 14.3 Å². The summed E-state index contributed by atoms with van der Waals surface area (Å²) in [6, 6.07) is 10.0. The number of hydrogen-bond donors (Lipinski definition) is 1. The van der Waals surface area contributed by atoms with E-state index in [1.807, 2.05) is 52.5 Å². The first-order chi connectivity index (χ1) is 22.4. The summed E-state index contributed by atoms with van der Waals surface area (Å²) in [7, 11) is 2.11. The van der Waals surface area contributed by atoms with Crippen LogP contribution in [0, 0.1) is 12.8 Å². The summed E-state index contributed by atoms with van der Waals surface area (Å²) >= 11 is 6.09. The monoisotopic (exact) mass is 645 g/mol. The number of nitrogens with one attached hydrogen (secondary N) is 1. The van der Waals surface area contributed by atoms with E-state index in [2.05, 4.69) is 34.4 Å². The third-order valence-corrected chi connectivity index (χ3v) is 9.71. The molecule has 46 heavy (non-hydrogen) atoms. The van der Waals surface area contributed by atoms with Crippen molar-refractivity contribution in [1.29, 1.82) is 0 Å². The first kappa shape index (κ1) is 32.3. The molecule has 3 aromatic rings. The van der Waals surface area contributed by atoms with Crippen LogP contribution in [0.15, 0.2) is 71.4 Å². The highest BCUT2D eigenvalue weighted by Gasteiger charge is 2.26. The lowest BCUT2D eigenvalue weighted by molar-refractivity contribution is -0.0198. The van der Waals surface area contributed by atoms with E-state index in [1.54, 1.807) is 12.3 Å². The Balaban J connectivity index is 1.15. The number of amides is 1. The van der Waals surface area contributed by atoms with E-state index < -0.39 is 0 Å². The van der Waals surface area contributed by atoms with Crippen LogP contribution in [0.2, 0.25) is 5.02 Å². The second kappa shape index (κ2) is 14.8. The van der Waals surface area contributed by atoms with Crippen molar-refractivity contribution in [3.63, 3.8) is 0 Å². The minimum Gasteiger partial charge on any atom is -0.492 e. The van der Waals surface area contributed by atoms with Gasteiger partial charge in [-0.3, -0.25) is 23.8 Å². The van der Waals surface area contributed by atoms with Crippen molar-refractivity contribution in [1.82, 2.24) is 24.3 Å². The number of hydrogen-bond acceptors (Lipinski definition) is 6. The number of aromatic nitrogens is 3. The number of morpholine rings is 1. The number of para-hydroxylation sites is 2. The third kappa shape index (κ3) is 7.48. The quantitative estimate of drug-likeness (QED) is 0.325. The van der Waals surface area contributed by atoms with Gasteiger partial charge in [0.25, 0.3) is 5.91 Å². The van der Waals surface area contributed by atoms with Gasteiger partial charge in [0.05, 0.1) is 46.6 Å². The lowest BCUT2D eigenvalue weighted by atomic mass is 9.85. The molecule has 3 aliphatic rings. The number of likely N-dealkylation sites (N-methyl/N-ethyl adjacent to an activating group) is 1. The van der Waals surface area contributed by atoms with Gasteiger partial charge in [-0.1, -0.05) is 29.8 Å². The van der Waals surface area contributed by atoms with Gasteiger partial charge >= 0.3 is 5.69 Å². The highest BCUT2D eigenvalue weighted by atomic mass is 35.5. The maximum atomic E-state index is 14.1. The molecule has 2 aliphatic carbocycles. The van der Waals surface area contributed by atoms with Crippen LogP contribution < -0.4 is 11.0 Å². The fourth-order valence-corrected chi connectivity index (χ4v) is 6.83. The van der Waals surface area contributed by atoms with Crippen LogP contribution in [-0.4, -0.2) is 70.4 Å². The number of imidazole rings is 1. The minimum atomic E-state index is -0.134. The van der Waals surface area contributed by atoms with E-state index in [9.17, 15) is 9.59 Å². The lowest BCUT2D eigenvalue weighted by Gasteiger charge is -2.32. The number of benzene rings is 1. The fraction of sp³-hybridized carbons (Fsp3) is 0.472. The molecule has 2 fully saturated rings. The molecule has 244 valence electrons. The zero-order chi connectivity index (χ0) is 32.0. The summed E-state index contributed by atoms with van der Waals surface area (Å²) in [5.41, 5.74) is 3.87. The number of rotatable bonds is 8. The van der Waals surface area contributed by atoms with Gasteiger partial charge in [0.1, 0.15) is 12.4 Å². The number of aryl methyl sites for hydroxylation is 1. The Morgan fingerprint density at radius 1 is 1.11 bits per heavy atom. The van der Waals surface area contributed by atoms with Crippen LogP contribution in [0.25, 0.3) is 16.7 Å².